The fourth-order valence-electron chi connectivity index (χ4n) is 4.48. The average Bonchev–Trinajstić information content (AvgIpc) is 3.60. The van der Waals surface area contributed by atoms with Gasteiger partial charge in [0.2, 0.25) is 5.91 Å². The van der Waals surface area contributed by atoms with E-state index < -0.39 is 18.0 Å². The Labute approximate surface area is 205 Å². The van der Waals surface area contributed by atoms with E-state index in [0.717, 1.165) is 16.0 Å². The fourth-order valence-corrected chi connectivity index (χ4v) is 5.32. The lowest BCUT2D eigenvalue weighted by molar-refractivity contribution is -0.138. The van der Waals surface area contributed by atoms with Gasteiger partial charge < -0.3 is 15.0 Å². The van der Waals surface area contributed by atoms with Crippen molar-refractivity contribution >= 4 is 40.5 Å². The molecular formula is C25H22ClN3O4S. The molecule has 34 heavy (non-hydrogen) atoms. The van der Waals surface area contributed by atoms with Gasteiger partial charge in [0.25, 0.3) is 5.91 Å². The van der Waals surface area contributed by atoms with Crippen LogP contribution in [0.1, 0.15) is 22.3 Å². The number of ether oxygens (including phenoxy) is 1. The molecule has 3 atom stereocenters. The molecule has 2 amide bonds. The van der Waals surface area contributed by atoms with E-state index in [9.17, 15) is 14.4 Å². The van der Waals surface area contributed by atoms with Crippen molar-refractivity contribution in [3.8, 4) is 10.4 Å². The number of hydrogen-bond acceptors (Lipinski definition) is 6. The number of carbonyl (C=O) groups excluding carboxylic acids is 3. The third kappa shape index (κ3) is 4.61. The number of benzene rings is 1. The Morgan fingerprint density at radius 3 is 2.82 bits per heavy atom. The zero-order valence-corrected chi connectivity index (χ0v) is 19.7. The molecule has 2 saturated heterocycles. The number of ketones is 1. The lowest BCUT2D eigenvalue weighted by Gasteiger charge is -2.27. The van der Waals surface area contributed by atoms with Crippen LogP contribution in [-0.2, 0) is 20.7 Å². The van der Waals surface area contributed by atoms with Gasteiger partial charge in [-0.05, 0) is 41.6 Å². The van der Waals surface area contributed by atoms with Gasteiger partial charge in [-0.2, -0.15) is 0 Å². The number of pyridine rings is 1. The SMILES string of the molecule is O=C(NC(Cc1ccc(Cl)cc1)C(=O)N1CCC2OCC(=O)C21)c1cncc(-c2cccs2)c1. The normalized spacial score (nSPS) is 20.3. The lowest BCUT2D eigenvalue weighted by atomic mass is 10.0. The Kier molecular flexibility index (Phi) is 6.45. The Morgan fingerprint density at radius 1 is 1.24 bits per heavy atom. The van der Waals surface area contributed by atoms with Gasteiger partial charge in [-0.25, -0.2) is 0 Å². The first-order valence-electron chi connectivity index (χ1n) is 11.0. The summed E-state index contributed by atoms with van der Waals surface area (Å²) in [5.41, 5.74) is 2.04. The summed E-state index contributed by atoms with van der Waals surface area (Å²) in [6.45, 7) is 0.441. The number of amides is 2. The highest BCUT2D eigenvalue weighted by Gasteiger charge is 2.48. The minimum absolute atomic E-state index is 0.0223. The van der Waals surface area contributed by atoms with E-state index in [-0.39, 0.29) is 30.8 Å². The van der Waals surface area contributed by atoms with Gasteiger partial charge in [0.05, 0.1) is 11.7 Å². The van der Waals surface area contributed by atoms with Crippen LogP contribution in [0, 0.1) is 0 Å². The Balaban J connectivity index is 1.39. The summed E-state index contributed by atoms with van der Waals surface area (Å²) in [6, 6.07) is 11.4. The second kappa shape index (κ2) is 9.66. The molecular weight excluding hydrogens is 474 g/mol. The second-order valence-corrected chi connectivity index (χ2v) is 9.76. The highest BCUT2D eigenvalue weighted by atomic mass is 35.5. The molecule has 5 rings (SSSR count). The van der Waals surface area contributed by atoms with E-state index in [4.69, 9.17) is 16.3 Å². The van der Waals surface area contributed by atoms with E-state index in [1.807, 2.05) is 29.6 Å². The Bertz CT molecular complexity index is 1220. The molecule has 2 aromatic heterocycles. The lowest BCUT2D eigenvalue weighted by Crippen LogP contribution is -2.53. The number of rotatable bonds is 6. The number of nitrogens with zero attached hydrogens (tertiary/aromatic N) is 2. The van der Waals surface area contributed by atoms with E-state index >= 15 is 0 Å². The van der Waals surface area contributed by atoms with Crippen molar-refractivity contribution in [3.05, 3.63) is 76.4 Å². The highest BCUT2D eigenvalue weighted by molar-refractivity contribution is 7.13. The molecule has 3 aromatic rings. The molecule has 2 aliphatic heterocycles. The van der Waals surface area contributed by atoms with Gasteiger partial charge in [0.15, 0.2) is 5.78 Å². The molecule has 0 bridgehead atoms. The van der Waals surface area contributed by atoms with Crippen molar-refractivity contribution in [1.82, 2.24) is 15.2 Å². The smallest absolute Gasteiger partial charge is 0.253 e. The van der Waals surface area contributed by atoms with E-state index in [2.05, 4.69) is 10.3 Å². The van der Waals surface area contributed by atoms with Crippen LogP contribution >= 0.6 is 22.9 Å². The number of nitrogens with one attached hydrogen (secondary N) is 1. The topological polar surface area (TPSA) is 88.6 Å². The van der Waals surface area contributed by atoms with Gasteiger partial charge in [0, 0.05) is 40.8 Å². The molecule has 0 spiro atoms. The molecule has 0 saturated carbocycles. The van der Waals surface area contributed by atoms with Crippen LogP contribution in [0.4, 0.5) is 0 Å². The summed E-state index contributed by atoms with van der Waals surface area (Å²) in [6.07, 6.45) is 3.79. The quantitative estimate of drug-likeness (QED) is 0.566. The van der Waals surface area contributed by atoms with Crippen molar-refractivity contribution < 1.29 is 19.1 Å². The summed E-state index contributed by atoms with van der Waals surface area (Å²) in [4.78, 5) is 45.9. The van der Waals surface area contributed by atoms with Crippen LogP contribution < -0.4 is 5.32 Å². The number of carbonyl (C=O) groups is 3. The van der Waals surface area contributed by atoms with Crippen LogP contribution in [0.5, 0.6) is 0 Å². The van der Waals surface area contributed by atoms with Crippen LogP contribution in [0.15, 0.2) is 60.2 Å². The number of Topliss-reactive ketones (excluding diaryl/α,β-unsaturated/α-hetero) is 1. The van der Waals surface area contributed by atoms with Crippen molar-refractivity contribution in [3.63, 3.8) is 0 Å². The van der Waals surface area contributed by atoms with E-state index in [0.29, 0.717) is 23.6 Å². The largest absolute Gasteiger partial charge is 0.368 e. The van der Waals surface area contributed by atoms with Gasteiger partial charge >= 0.3 is 0 Å². The molecule has 4 heterocycles. The summed E-state index contributed by atoms with van der Waals surface area (Å²) in [7, 11) is 0. The summed E-state index contributed by atoms with van der Waals surface area (Å²) in [5.74, 6) is -0.791. The van der Waals surface area contributed by atoms with Crippen LogP contribution in [0.25, 0.3) is 10.4 Å². The summed E-state index contributed by atoms with van der Waals surface area (Å²) in [5, 5.41) is 5.43. The molecule has 0 aliphatic carbocycles. The van der Waals surface area contributed by atoms with E-state index in [1.165, 1.54) is 6.20 Å². The van der Waals surface area contributed by atoms with Gasteiger partial charge in [-0.15, -0.1) is 11.3 Å². The number of hydrogen-bond donors (Lipinski definition) is 1. The van der Waals surface area contributed by atoms with Crippen molar-refractivity contribution in [2.75, 3.05) is 13.2 Å². The fraction of sp³-hybridized carbons (Fsp3) is 0.280. The monoisotopic (exact) mass is 495 g/mol. The van der Waals surface area contributed by atoms with Crippen molar-refractivity contribution in [1.29, 1.82) is 0 Å². The maximum atomic E-state index is 13.6. The molecule has 3 unspecified atom stereocenters. The highest BCUT2D eigenvalue weighted by Crippen LogP contribution is 2.28. The summed E-state index contributed by atoms with van der Waals surface area (Å²) < 4.78 is 5.53. The number of halogens is 1. The zero-order valence-electron chi connectivity index (χ0n) is 18.1. The number of thiophene rings is 1. The molecule has 1 N–H and O–H groups in total. The van der Waals surface area contributed by atoms with Crippen molar-refractivity contribution in [2.45, 2.75) is 31.0 Å². The molecule has 2 fully saturated rings. The molecule has 0 radical (unpaired) electrons. The number of fused-ring (bicyclic) bond motifs is 1. The third-order valence-electron chi connectivity index (χ3n) is 6.16. The van der Waals surface area contributed by atoms with Gasteiger partial charge in [-0.3, -0.25) is 19.4 Å². The first-order chi connectivity index (χ1) is 16.5. The second-order valence-electron chi connectivity index (χ2n) is 8.38. The maximum absolute atomic E-state index is 13.6. The van der Waals surface area contributed by atoms with Crippen LogP contribution in [0.2, 0.25) is 5.02 Å². The predicted molar refractivity (Wildman–Crippen MR) is 129 cm³/mol. The van der Waals surface area contributed by atoms with Gasteiger partial charge in [0.1, 0.15) is 18.7 Å². The Morgan fingerprint density at radius 2 is 2.06 bits per heavy atom. The molecule has 9 heteroatoms. The minimum Gasteiger partial charge on any atom is -0.368 e. The first-order valence-corrected chi connectivity index (χ1v) is 12.2. The predicted octanol–water partition coefficient (Wildman–Crippen LogP) is 3.37. The molecule has 7 nitrogen and oxygen atoms in total. The van der Waals surface area contributed by atoms with Crippen LogP contribution in [-0.4, -0.2) is 58.8 Å². The number of likely N-dealkylation sites (tertiary alicyclic amines) is 1. The first kappa shape index (κ1) is 22.7. The minimum atomic E-state index is -0.855. The zero-order chi connectivity index (χ0) is 23.7. The molecule has 1 aromatic carbocycles. The van der Waals surface area contributed by atoms with Gasteiger partial charge in [-0.1, -0.05) is 29.8 Å². The number of aromatic nitrogens is 1. The average molecular weight is 496 g/mol. The Hall–Kier alpha value is -3.07. The maximum Gasteiger partial charge on any atom is 0.253 e. The molecule has 2 aliphatic rings. The molecule has 174 valence electrons. The van der Waals surface area contributed by atoms with E-state index in [1.54, 1.807) is 40.6 Å². The third-order valence-corrected chi connectivity index (χ3v) is 7.33. The van der Waals surface area contributed by atoms with Crippen LogP contribution in [0.3, 0.4) is 0 Å². The van der Waals surface area contributed by atoms with Crippen molar-refractivity contribution in [2.24, 2.45) is 0 Å². The standard InChI is InChI=1S/C25H22ClN3O4S/c26-18-5-3-15(4-6-18)10-19(25(32)29-8-7-21-23(29)20(30)14-33-21)28-24(31)17-11-16(12-27-13-17)22-2-1-9-34-22/h1-6,9,11-13,19,21,23H,7-8,10,14H2,(H,28,31). The summed E-state index contributed by atoms with van der Waals surface area (Å²) >= 11 is 7.57.